The lowest BCUT2D eigenvalue weighted by atomic mass is 10.2. The van der Waals surface area contributed by atoms with Crippen LogP contribution in [0, 0.1) is 5.92 Å². The summed E-state index contributed by atoms with van der Waals surface area (Å²) in [6, 6.07) is 2.31. The molecular formula is C15H23N5O. The van der Waals surface area contributed by atoms with Crippen molar-refractivity contribution in [1.29, 1.82) is 0 Å². The summed E-state index contributed by atoms with van der Waals surface area (Å²) in [7, 11) is 2.08. The van der Waals surface area contributed by atoms with Crippen LogP contribution >= 0.6 is 0 Å². The molecule has 1 aliphatic carbocycles. The van der Waals surface area contributed by atoms with E-state index < -0.39 is 0 Å². The number of likely N-dealkylation sites (N-methyl/N-ethyl adjacent to an activating group) is 1. The first-order valence-electron chi connectivity index (χ1n) is 7.71. The topological polar surface area (TPSA) is 61.4 Å². The molecule has 1 saturated carbocycles. The number of nitrogens with one attached hydrogen (secondary N) is 1. The molecule has 114 valence electrons. The highest BCUT2D eigenvalue weighted by atomic mass is 16.2. The maximum atomic E-state index is 12.1. The van der Waals surface area contributed by atoms with E-state index >= 15 is 0 Å². The van der Waals surface area contributed by atoms with Crippen molar-refractivity contribution >= 4 is 6.03 Å². The normalized spacial score (nSPS) is 21.8. The minimum Gasteiger partial charge on any atom is -0.338 e. The third-order valence-electron chi connectivity index (χ3n) is 4.32. The van der Waals surface area contributed by atoms with Gasteiger partial charge in [0.15, 0.2) is 0 Å². The number of rotatable bonds is 5. The van der Waals surface area contributed by atoms with E-state index in [0.717, 1.165) is 44.3 Å². The molecule has 6 nitrogen and oxygen atoms in total. The summed E-state index contributed by atoms with van der Waals surface area (Å²) in [6.07, 6.45) is 7.08. The van der Waals surface area contributed by atoms with Crippen LogP contribution in [0.3, 0.4) is 0 Å². The molecule has 0 radical (unpaired) electrons. The standard InChI is InChI=1S/C15H23N5O/c1-19(11-14-16-6-2-7-17-14)13-5-8-20(10-13)15(21)18-9-12-3-4-12/h2,6-7,12-13H,3-5,8-11H2,1H3,(H,18,21)/t13-/m0/s1. The molecule has 1 aliphatic heterocycles. The summed E-state index contributed by atoms with van der Waals surface area (Å²) in [5, 5.41) is 3.04. The molecule has 1 N–H and O–H groups in total. The van der Waals surface area contributed by atoms with Gasteiger partial charge in [-0.3, -0.25) is 4.90 Å². The minimum absolute atomic E-state index is 0.0914. The first kappa shape index (κ1) is 14.3. The first-order valence-corrected chi connectivity index (χ1v) is 7.71. The van der Waals surface area contributed by atoms with Crippen molar-refractivity contribution in [3.05, 3.63) is 24.3 Å². The van der Waals surface area contributed by atoms with E-state index in [4.69, 9.17) is 0 Å². The van der Waals surface area contributed by atoms with Crippen LogP contribution in [-0.2, 0) is 6.54 Å². The fourth-order valence-electron chi connectivity index (χ4n) is 2.72. The fraction of sp³-hybridized carbons (Fsp3) is 0.667. The Bertz CT molecular complexity index is 476. The number of urea groups is 1. The highest BCUT2D eigenvalue weighted by molar-refractivity contribution is 5.74. The van der Waals surface area contributed by atoms with Gasteiger partial charge in [-0.25, -0.2) is 14.8 Å². The van der Waals surface area contributed by atoms with Gasteiger partial charge >= 0.3 is 6.03 Å². The third kappa shape index (κ3) is 3.91. The molecule has 6 heteroatoms. The fourth-order valence-corrected chi connectivity index (χ4v) is 2.72. The van der Waals surface area contributed by atoms with E-state index in [-0.39, 0.29) is 6.03 Å². The van der Waals surface area contributed by atoms with Crippen LogP contribution < -0.4 is 5.32 Å². The van der Waals surface area contributed by atoms with E-state index in [2.05, 4.69) is 27.2 Å². The van der Waals surface area contributed by atoms with Crippen LogP contribution in [0.25, 0.3) is 0 Å². The SMILES string of the molecule is CN(Cc1ncccn1)[C@H]1CCN(C(=O)NCC2CC2)C1. The Morgan fingerprint density at radius 3 is 2.86 bits per heavy atom. The Hall–Kier alpha value is -1.69. The molecule has 0 spiro atoms. The van der Waals surface area contributed by atoms with Crippen LogP contribution in [0.2, 0.25) is 0 Å². The summed E-state index contributed by atoms with van der Waals surface area (Å²) >= 11 is 0. The summed E-state index contributed by atoms with van der Waals surface area (Å²) in [4.78, 5) is 24.7. The van der Waals surface area contributed by atoms with Crippen molar-refractivity contribution in [3.63, 3.8) is 0 Å². The van der Waals surface area contributed by atoms with Gasteiger partial charge in [0.2, 0.25) is 0 Å². The highest BCUT2D eigenvalue weighted by Crippen LogP contribution is 2.27. The maximum Gasteiger partial charge on any atom is 0.317 e. The highest BCUT2D eigenvalue weighted by Gasteiger charge is 2.30. The first-order chi connectivity index (χ1) is 10.2. The quantitative estimate of drug-likeness (QED) is 0.882. The Balaban J connectivity index is 1.45. The van der Waals surface area contributed by atoms with Gasteiger partial charge in [0, 0.05) is 38.1 Å². The van der Waals surface area contributed by atoms with Crippen LogP contribution in [0.4, 0.5) is 4.79 Å². The average molecular weight is 289 g/mol. The Kier molecular flexibility index (Phi) is 4.34. The number of amides is 2. The van der Waals surface area contributed by atoms with Crippen LogP contribution in [0.1, 0.15) is 25.1 Å². The predicted molar refractivity (Wildman–Crippen MR) is 79.6 cm³/mol. The zero-order chi connectivity index (χ0) is 14.7. The molecule has 1 atom stereocenters. The van der Waals surface area contributed by atoms with Gasteiger partial charge in [-0.05, 0) is 38.3 Å². The van der Waals surface area contributed by atoms with Gasteiger partial charge in [0.25, 0.3) is 0 Å². The van der Waals surface area contributed by atoms with Crippen LogP contribution in [-0.4, -0.2) is 58.5 Å². The summed E-state index contributed by atoms with van der Waals surface area (Å²) in [5.41, 5.74) is 0. The number of aromatic nitrogens is 2. The summed E-state index contributed by atoms with van der Waals surface area (Å²) in [6.45, 7) is 3.19. The lowest BCUT2D eigenvalue weighted by molar-refractivity contribution is 0.196. The zero-order valence-corrected chi connectivity index (χ0v) is 12.5. The second kappa shape index (κ2) is 6.39. The smallest absolute Gasteiger partial charge is 0.317 e. The van der Waals surface area contributed by atoms with Crippen molar-refractivity contribution in [3.8, 4) is 0 Å². The number of nitrogens with zero attached hydrogens (tertiary/aromatic N) is 4. The number of carbonyl (C=O) groups is 1. The second-order valence-electron chi connectivity index (χ2n) is 6.10. The lowest BCUT2D eigenvalue weighted by Crippen LogP contribution is -2.41. The minimum atomic E-state index is 0.0914. The molecule has 0 unspecified atom stereocenters. The number of carbonyl (C=O) groups excluding carboxylic acids is 1. The maximum absolute atomic E-state index is 12.1. The van der Waals surface area contributed by atoms with Gasteiger partial charge in [0.05, 0.1) is 6.54 Å². The van der Waals surface area contributed by atoms with Gasteiger partial charge in [-0.1, -0.05) is 0 Å². The molecule has 1 aromatic heterocycles. The molecule has 3 rings (SSSR count). The summed E-state index contributed by atoms with van der Waals surface area (Å²) in [5.74, 6) is 1.56. The molecule has 2 aliphatic rings. The predicted octanol–water partition coefficient (Wildman–Crippen LogP) is 1.10. The third-order valence-corrected chi connectivity index (χ3v) is 4.32. The molecule has 21 heavy (non-hydrogen) atoms. The van der Waals surface area contributed by atoms with Gasteiger partial charge in [0.1, 0.15) is 5.82 Å². The van der Waals surface area contributed by atoms with E-state index in [1.165, 1.54) is 12.8 Å². The molecule has 2 fully saturated rings. The van der Waals surface area contributed by atoms with E-state index in [1.807, 2.05) is 11.0 Å². The van der Waals surface area contributed by atoms with E-state index in [9.17, 15) is 4.79 Å². The lowest BCUT2D eigenvalue weighted by Gasteiger charge is -2.24. The molecule has 2 heterocycles. The van der Waals surface area contributed by atoms with Crippen molar-refractivity contribution in [2.45, 2.75) is 31.8 Å². The molecule has 0 bridgehead atoms. The largest absolute Gasteiger partial charge is 0.338 e. The van der Waals surface area contributed by atoms with Gasteiger partial charge < -0.3 is 10.2 Å². The molecule has 0 aromatic carbocycles. The van der Waals surface area contributed by atoms with E-state index in [1.54, 1.807) is 12.4 Å². The Morgan fingerprint density at radius 1 is 1.38 bits per heavy atom. The number of likely N-dealkylation sites (tertiary alicyclic amines) is 1. The number of hydrogen-bond acceptors (Lipinski definition) is 4. The van der Waals surface area contributed by atoms with Crippen LogP contribution in [0.15, 0.2) is 18.5 Å². The van der Waals surface area contributed by atoms with Crippen molar-refractivity contribution in [2.75, 3.05) is 26.7 Å². The molecular weight excluding hydrogens is 266 g/mol. The Morgan fingerprint density at radius 2 is 2.14 bits per heavy atom. The van der Waals surface area contributed by atoms with Crippen LogP contribution in [0.5, 0.6) is 0 Å². The number of hydrogen-bond donors (Lipinski definition) is 1. The zero-order valence-electron chi connectivity index (χ0n) is 12.5. The molecule has 1 saturated heterocycles. The summed E-state index contributed by atoms with van der Waals surface area (Å²) < 4.78 is 0. The molecule has 1 aromatic rings. The van der Waals surface area contributed by atoms with Gasteiger partial charge in [-0.2, -0.15) is 0 Å². The van der Waals surface area contributed by atoms with Crippen molar-refractivity contribution < 1.29 is 4.79 Å². The second-order valence-corrected chi connectivity index (χ2v) is 6.10. The Labute approximate surface area is 125 Å². The monoisotopic (exact) mass is 289 g/mol. The van der Waals surface area contributed by atoms with Crippen molar-refractivity contribution in [2.24, 2.45) is 5.92 Å². The molecule has 2 amide bonds. The average Bonchev–Trinajstić information content (AvgIpc) is 3.19. The van der Waals surface area contributed by atoms with Gasteiger partial charge in [-0.15, -0.1) is 0 Å². The van der Waals surface area contributed by atoms with E-state index in [0.29, 0.717) is 6.04 Å². The van der Waals surface area contributed by atoms with Crippen molar-refractivity contribution in [1.82, 2.24) is 25.1 Å².